The third-order valence-corrected chi connectivity index (χ3v) is 5.62. The van der Waals surface area contributed by atoms with E-state index >= 15 is 0 Å². The number of nitrogens with two attached hydrogens (primary N) is 1. The molecular formula is C19H19FN4S. The SMILES string of the molecule is Nc1nnc(C2CCN(c3ccccc3-c3ccc(F)cc3)CC2)s1. The average Bonchev–Trinajstić information content (AvgIpc) is 3.09. The van der Waals surface area contributed by atoms with Gasteiger partial charge in [-0.2, -0.15) is 0 Å². The van der Waals surface area contributed by atoms with E-state index in [1.807, 2.05) is 18.2 Å². The summed E-state index contributed by atoms with van der Waals surface area (Å²) < 4.78 is 13.2. The normalized spacial score (nSPS) is 15.5. The lowest BCUT2D eigenvalue weighted by Gasteiger charge is -2.34. The number of benzene rings is 2. The van der Waals surface area contributed by atoms with Crippen molar-refractivity contribution in [2.45, 2.75) is 18.8 Å². The summed E-state index contributed by atoms with van der Waals surface area (Å²) in [6.07, 6.45) is 2.07. The molecule has 2 heterocycles. The molecular weight excluding hydrogens is 335 g/mol. The zero-order valence-electron chi connectivity index (χ0n) is 13.7. The highest BCUT2D eigenvalue weighted by molar-refractivity contribution is 7.15. The Hall–Kier alpha value is -2.47. The van der Waals surface area contributed by atoms with Gasteiger partial charge in [-0.25, -0.2) is 4.39 Å². The molecule has 2 N–H and O–H groups in total. The molecule has 0 atom stereocenters. The van der Waals surface area contributed by atoms with Crippen LogP contribution in [-0.2, 0) is 0 Å². The van der Waals surface area contributed by atoms with Gasteiger partial charge in [0, 0.05) is 30.3 Å². The molecule has 0 saturated carbocycles. The van der Waals surface area contributed by atoms with Crippen LogP contribution < -0.4 is 10.6 Å². The van der Waals surface area contributed by atoms with Crippen LogP contribution in [0.5, 0.6) is 0 Å². The molecule has 3 aromatic rings. The summed E-state index contributed by atoms with van der Waals surface area (Å²) in [5, 5.41) is 9.72. The number of rotatable bonds is 3. The molecule has 1 fully saturated rings. The molecule has 1 aliphatic rings. The molecule has 0 aliphatic carbocycles. The van der Waals surface area contributed by atoms with Gasteiger partial charge in [0.15, 0.2) is 0 Å². The largest absolute Gasteiger partial charge is 0.374 e. The maximum atomic E-state index is 13.2. The van der Waals surface area contributed by atoms with Crippen LogP contribution in [0.15, 0.2) is 48.5 Å². The van der Waals surface area contributed by atoms with Gasteiger partial charge in [0.05, 0.1) is 0 Å². The second kappa shape index (κ2) is 6.80. The predicted molar refractivity (Wildman–Crippen MR) is 100 cm³/mol. The van der Waals surface area contributed by atoms with Gasteiger partial charge in [-0.15, -0.1) is 10.2 Å². The van der Waals surface area contributed by atoms with E-state index in [2.05, 4.69) is 33.3 Å². The van der Waals surface area contributed by atoms with Gasteiger partial charge in [-0.05, 0) is 36.6 Å². The van der Waals surface area contributed by atoms with Crippen molar-refractivity contribution in [3.8, 4) is 11.1 Å². The van der Waals surface area contributed by atoms with Crippen LogP contribution in [0.25, 0.3) is 11.1 Å². The van der Waals surface area contributed by atoms with Crippen molar-refractivity contribution in [3.05, 3.63) is 59.4 Å². The van der Waals surface area contributed by atoms with Crippen molar-refractivity contribution < 1.29 is 4.39 Å². The molecule has 6 heteroatoms. The second-order valence-corrected chi connectivity index (χ2v) is 7.30. The number of aromatic nitrogens is 2. The lowest BCUT2D eigenvalue weighted by atomic mass is 9.95. The Morgan fingerprint density at radius 2 is 1.72 bits per heavy atom. The molecule has 0 unspecified atom stereocenters. The number of hydrogen-bond donors (Lipinski definition) is 1. The van der Waals surface area contributed by atoms with Crippen molar-refractivity contribution in [1.29, 1.82) is 0 Å². The first-order valence-corrected chi connectivity index (χ1v) is 9.21. The van der Waals surface area contributed by atoms with Crippen LogP contribution >= 0.6 is 11.3 Å². The highest BCUT2D eigenvalue weighted by Crippen LogP contribution is 2.36. The van der Waals surface area contributed by atoms with E-state index in [0.29, 0.717) is 11.0 Å². The Labute approximate surface area is 150 Å². The number of hydrogen-bond acceptors (Lipinski definition) is 5. The average molecular weight is 354 g/mol. The Balaban J connectivity index is 1.54. The first kappa shape index (κ1) is 16.0. The monoisotopic (exact) mass is 354 g/mol. The van der Waals surface area contributed by atoms with E-state index in [1.54, 1.807) is 0 Å². The second-order valence-electron chi connectivity index (χ2n) is 6.26. The molecule has 25 heavy (non-hydrogen) atoms. The first-order chi connectivity index (χ1) is 12.2. The lowest BCUT2D eigenvalue weighted by Crippen LogP contribution is -2.33. The summed E-state index contributed by atoms with van der Waals surface area (Å²) in [7, 11) is 0. The highest BCUT2D eigenvalue weighted by atomic mass is 32.1. The fourth-order valence-corrected chi connectivity index (χ4v) is 4.18. The summed E-state index contributed by atoms with van der Waals surface area (Å²) in [6.45, 7) is 1.92. The molecule has 0 spiro atoms. The number of nitrogens with zero attached hydrogens (tertiary/aromatic N) is 3. The van der Waals surface area contributed by atoms with Crippen molar-refractivity contribution in [2.24, 2.45) is 0 Å². The number of halogens is 1. The third-order valence-electron chi connectivity index (χ3n) is 4.70. The zero-order chi connectivity index (χ0) is 17.2. The first-order valence-electron chi connectivity index (χ1n) is 8.39. The van der Waals surface area contributed by atoms with Crippen LogP contribution in [0.1, 0.15) is 23.8 Å². The fourth-order valence-electron chi connectivity index (χ4n) is 3.40. The molecule has 4 rings (SSSR count). The van der Waals surface area contributed by atoms with E-state index in [9.17, 15) is 4.39 Å². The van der Waals surface area contributed by atoms with E-state index in [-0.39, 0.29) is 5.82 Å². The third kappa shape index (κ3) is 3.35. The Morgan fingerprint density at radius 3 is 2.40 bits per heavy atom. The number of nitrogen functional groups attached to an aromatic ring is 1. The van der Waals surface area contributed by atoms with Crippen molar-refractivity contribution >= 4 is 22.2 Å². The van der Waals surface area contributed by atoms with Crippen LogP contribution in [0, 0.1) is 5.82 Å². The van der Waals surface area contributed by atoms with Gasteiger partial charge in [0.1, 0.15) is 10.8 Å². The quantitative estimate of drug-likeness (QED) is 0.761. The van der Waals surface area contributed by atoms with Gasteiger partial charge in [0.2, 0.25) is 5.13 Å². The Bertz CT molecular complexity index is 854. The highest BCUT2D eigenvalue weighted by Gasteiger charge is 2.24. The Kier molecular flexibility index (Phi) is 4.36. The molecule has 0 radical (unpaired) electrons. The van der Waals surface area contributed by atoms with E-state index < -0.39 is 0 Å². The minimum Gasteiger partial charge on any atom is -0.374 e. The van der Waals surface area contributed by atoms with E-state index in [1.165, 1.54) is 29.2 Å². The molecule has 1 aliphatic heterocycles. The molecule has 1 aromatic heterocycles. The van der Waals surface area contributed by atoms with Gasteiger partial charge in [-0.1, -0.05) is 41.7 Å². The van der Waals surface area contributed by atoms with Crippen LogP contribution in [-0.4, -0.2) is 23.3 Å². The van der Waals surface area contributed by atoms with Crippen molar-refractivity contribution in [1.82, 2.24) is 10.2 Å². The zero-order valence-corrected chi connectivity index (χ0v) is 14.5. The van der Waals surface area contributed by atoms with Crippen LogP contribution in [0.2, 0.25) is 0 Å². The topological polar surface area (TPSA) is 55.0 Å². The Morgan fingerprint density at radius 1 is 1.00 bits per heavy atom. The number of anilines is 2. The molecule has 0 amide bonds. The number of piperidine rings is 1. The van der Waals surface area contributed by atoms with E-state index in [4.69, 9.17) is 5.73 Å². The smallest absolute Gasteiger partial charge is 0.203 e. The van der Waals surface area contributed by atoms with Crippen molar-refractivity contribution in [2.75, 3.05) is 23.7 Å². The minimum absolute atomic E-state index is 0.210. The molecule has 1 saturated heterocycles. The summed E-state index contributed by atoms with van der Waals surface area (Å²) in [5.41, 5.74) is 9.08. The summed E-state index contributed by atoms with van der Waals surface area (Å²) >= 11 is 1.49. The van der Waals surface area contributed by atoms with Gasteiger partial charge < -0.3 is 10.6 Å². The van der Waals surface area contributed by atoms with Gasteiger partial charge in [0.25, 0.3) is 0 Å². The molecule has 128 valence electrons. The number of para-hydroxylation sites is 1. The van der Waals surface area contributed by atoms with Crippen LogP contribution in [0.4, 0.5) is 15.2 Å². The lowest BCUT2D eigenvalue weighted by molar-refractivity contribution is 0.501. The molecule has 4 nitrogen and oxygen atoms in total. The van der Waals surface area contributed by atoms with Crippen molar-refractivity contribution in [3.63, 3.8) is 0 Å². The summed E-state index contributed by atoms with van der Waals surface area (Å²) in [4.78, 5) is 2.40. The van der Waals surface area contributed by atoms with E-state index in [0.717, 1.165) is 42.1 Å². The summed E-state index contributed by atoms with van der Waals surface area (Å²) in [5.74, 6) is 0.224. The molecule has 2 aromatic carbocycles. The maximum absolute atomic E-state index is 13.2. The van der Waals surface area contributed by atoms with Crippen LogP contribution in [0.3, 0.4) is 0 Å². The fraction of sp³-hybridized carbons (Fsp3) is 0.263. The van der Waals surface area contributed by atoms with Gasteiger partial charge >= 0.3 is 0 Å². The maximum Gasteiger partial charge on any atom is 0.203 e. The standard InChI is InChI=1S/C19H19FN4S/c20-15-7-5-13(6-8-15)16-3-1-2-4-17(16)24-11-9-14(10-12-24)18-22-23-19(21)25-18/h1-8,14H,9-12H2,(H2,21,23). The minimum atomic E-state index is -0.210. The molecule has 0 bridgehead atoms. The van der Waals surface area contributed by atoms with Gasteiger partial charge in [-0.3, -0.25) is 0 Å². The predicted octanol–water partition coefficient (Wildman–Crippen LogP) is 4.31. The summed E-state index contributed by atoms with van der Waals surface area (Å²) in [6, 6.07) is 15.0.